The van der Waals surface area contributed by atoms with Crippen LogP contribution in [0.1, 0.15) is 20.3 Å². The first kappa shape index (κ1) is 11.5. The van der Waals surface area contributed by atoms with Gasteiger partial charge < -0.3 is 15.4 Å². The summed E-state index contributed by atoms with van der Waals surface area (Å²) in [7, 11) is 0. The van der Waals surface area contributed by atoms with Gasteiger partial charge in [0.2, 0.25) is 5.91 Å². The van der Waals surface area contributed by atoms with E-state index in [9.17, 15) is 4.79 Å². The summed E-state index contributed by atoms with van der Waals surface area (Å²) in [5, 5.41) is 6.14. The fraction of sp³-hybridized carbons (Fsp3) is 0.900. The van der Waals surface area contributed by atoms with E-state index in [-0.39, 0.29) is 18.6 Å². The molecule has 1 atom stereocenters. The molecule has 4 nitrogen and oxygen atoms in total. The summed E-state index contributed by atoms with van der Waals surface area (Å²) in [6.07, 6.45) is 1.28. The standard InChI is InChI=1S/C10H20N2O2/c1-8(2)14-7-10(13)12-6-9-3-4-11-5-9/h8-9,11H,3-7H2,1-2H3,(H,12,13). The molecule has 4 heteroatoms. The average Bonchev–Trinajstić information content (AvgIpc) is 2.63. The molecule has 0 spiro atoms. The summed E-state index contributed by atoms with van der Waals surface area (Å²) in [6.45, 7) is 6.89. The van der Waals surface area contributed by atoms with Crippen molar-refractivity contribution in [3.63, 3.8) is 0 Å². The van der Waals surface area contributed by atoms with Gasteiger partial charge >= 0.3 is 0 Å². The van der Waals surface area contributed by atoms with Crippen molar-refractivity contribution in [3.05, 3.63) is 0 Å². The van der Waals surface area contributed by atoms with E-state index in [0.29, 0.717) is 5.92 Å². The van der Waals surface area contributed by atoms with E-state index in [1.807, 2.05) is 13.8 Å². The molecular formula is C10H20N2O2. The zero-order valence-corrected chi connectivity index (χ0v) is 9.01. The normalized spacial score (nSPS) is 21.5. The Morgan fingerprint density at radius 1 is 1.64 bits per heavy atom. The molecule has 1 saturated heterocycles. The SMILES string of the molecule is CC(C)OCC(=O)NCC1CCNC1. The number of ether oxygens (including phenoxy) is 1. The van der Waals surface area contributed by atoms with Crippen LogP contribution in [-0.2, 0) is 9.53 Å². The predicted molar refractivity (Wildman–Crippen MR) is 55.1 cm³/mol. The molecule has 1 rings (SSSR count). The molecule has 1 unspecified atom stereocenters. The van der Waals surface area contributed by atoms with Crippen LogP contribution < -0.4 is 10.6 Å². The molecule has 1 aliphatic heterocycles. The van der Waals surface area contributed by atoms with Gasteiger partial charge in [-0.2, -0.15) is 0 Å². The molecule has 0 saturated carbocycles. The van der Waals surface area contributed by atoms with Crippen molar-refractivity contribution in [1.29, 1.82) is 0 Å². The Kier molecular flexibility index (Phi) is 4.90. The van der Waals surface area contributed by atoms with E-state index in [0.717, 1.165) is 26.1 Å². The summed E-state index contributed by atoms with van der Waals surface area (Å²) >= 11 is 0. The second-order valence-corrected chi connectivity index (χ2v) is 4.02. The Labute approximate surface area is 85.4 Å². The monoisotopic (exact) mass is 200 g/mol. The number of amides is 1. The Morgan fingerprint density at radius 2 is 2.43 bits per heavy atom. The van der Waals surface area contributed by atoms with Crippen LogP contribution in [0.4, 0.5) is 0 Å². The Morgan fingerprint density at radius 3 is 3.00 bits per heavy atom. The Bertz CT molecular complexity index is 177. The minimum absolute atomic E-state index is 0.00870. The minimum Gasteiger partial charge on any atom is -0.369 e. The van der Waals surface area contributed by atoms with Crippen LogP contribution in [0.25, 0.3) is 0 Å². The summed E-state index contributed by atoms with van der Waals surface area (Å²) in [5.74, 6) is 0.587. The van der Waals surface area contributed by atoms with Crippen molar-refractivity contribution in [2.24, 2.45) is 5.92 Å². The molecule has 14 heavy (non-hydrogen) atoms. The van der Waals surface area contributed by atoms with Gasteiger partial charge in [0.05, 0.1) is 6.10 Å². The van der Waals surface area contributed by atoms with Crippen molar-refractivity contribution in [2.75, 3.05) is 26.2 Å². The zero-order chi connectivity index (χ0) is 10.4. The predicted octanol–water partition coefficient (Wildman–Crippen LogP) is 0.137. The maximum atomic E-state index is 11.2. The number of hydrogen-bond donors (Lipinski definition) is 2. The summed E-state index contributed by atoms with van der Waals surface area (Å²) < 4.78 is 5.19. The second kappa shape index (κ2) is 5.98. The fourth-order valence-corrected chi connectivity index (χ4v) is 1.44. The number of carbonyl (C=O) groups excluding carboxylic acids is 1. The first-order valence-corrected chi connectivity index (χ1v) is 5.27. The number of nitrogens with one attached hydrogen (secondary N) is 2. The quantitative estimate of drug-likeness (QED) is 0.663. The largest absolute Gasteiger partial charge is 0.369 e. The number of hydrogen-bond acceptors (Lipinski definition) is 3. The van der Waals surface area contributed by atoms with Crippen molar-refractivity contribution < 1.29 is 9.53 Å². The van der Waals surface area contributed by atoms with E-state index in [1.165, 1.54) is 0 Å². The summed E-state index contributed by atoms with van der Waals surface area (Å²) in [6, 6.07) is 0. The topological polar surface area (TPSA) is 50.4 Å². The van der Waals surface area contributed by atoms with Gasteiger partial charge in [0.25, 0.3) is 0 Å². The molecule has 2 N–H and O–H groups in total. The fourth-order valence-electron chi connectivity index (χ4n) is 1.44. The highest BCUT2D eigenvalue weighted by molar-refractivity contribution is 5.77. The van der Waals surface area contributed by atoms with E-state index < -0.39 is 0 Å². The highest BCUT2D eigenvalue weighted by atomic mass is 16.5. The van der Waals surface area contributed by atoms with Crippen molar-refractivity contribution in [3.8, 4) is 0 Å². The molecule has 0 aromatic heterocycles. The summed E-state index contributed by atoms with van der Waals surface area (Å²) in [5.41, 5.74) is 0. The Balaban J connectivity index is 2.02. The van der Waals surface area contributed by atoms with Crippen molar-refractivity contribution >= 4 is 5.91 Å². The molecule has 1 amide bonds. The molecule has 0 aliphatic carbocycles. The van der Waals surface area contributed by atoms with Crippen LogP contribution in [0, 0.1) is 5.92 Å². The van der Waals surface area contributed by atoms with Crippen LogP contribution in [0.2, 0.25) is 0 Å². The van der Waals surface area contributed by atoms with Gasteiger partial charge in [0, 0.05) is 6.54 Å². The van der Waals surface area contributed by atoms with Crippen LogP contribution >= 0.6 is 0 Å². The highest BCUT2D eigenvalue weighted by Crippen LogP contribution is 2.04. The highest BCUT2D eigenvalue weighted by Gasteiger charge is 2.14. The lowest BCUT2D eigenvalue weighted by molar-refractivity contribution is -0.127. The van der Waals surface area contributed by atoms with Gasteiger partial charge in [-0.05, 0) is 39.3 Å². The van der Waals surface area contributed by atoms with Gasteiger partial charge in [0.1, 0.15) is 6.61 Å². The van der Waals surface area contributed by atoms with E-state index in [2.05, 4.69) is 10.6 Å². The molecule has 1 fully saturated rings. The average molecular weight is 200 g/mol. The lowest BCUT2D eigenvalue weighted by atomic mass is 10.1. The van der Waals surface area contributed by atoms with Crippen LogP contribution in [0.5, 0.6) is 0 Å². The molecular weight excluding hydrogens is 180 g/mol. The molecule has 1 aliphatic rings. The third-order valence-electron chi connectivity index (χ3n) is 2.30. The summed E-state index contributed by atoms with van der Waals surface area (Å²) in [4.78, 5) is 11.2. The van der Waals surface area contributed by atoms with E-state index in [1.54, 1.807) is 0 Å². The molecule has 0 radical (unpaired) electrons. The third kappa shape index (κ3) is 4.58. The van der Waals surface area contributed by atoms with Crippen molar-refractivity contribution in [2.45, 2.75) is 26.4 Å². The molecule has 82 valence electrons. The van der Waals surface area contributed by atoms with Gasteiger partial charge in [-0.25, -0.2) is 0 Å². The lowest BCUT2D eigenvalue weighted by Crippen LogP contribution is -2.33. The molecule has 0 bridgehead atoms. The van der Waals surface area contributed by atoms with E-state index in [4.69, 9.17) is 4.74 Å². The third-order valence-corrected chi connectivity index (χ3v) is 2.30. The van der Waals surface area contributed by atoms with E-state index >= 15 is 0 Å². The first-order valence-electron chi connectivity index (χ1n) is 5.27. The maximum absolute atomic E-state index is 11.2. The Hall–Kier alpha value is -0.610. The smallest absolute Gasteiger partial charge is 0.246 e. The molecule has 1 heterocycles. The number of carbonyl (C=O) groups is 1. The van der Waals surface area contributed by atoms with Crippen LogP contribution in [0.3, 0.4) is 0 Å². The van der Waals surface area contributed by atoms with Gasteiger partial charge in [0.15, 0.2) is 0 Å². The van der Waals surface area contributed by atoms with Crippen LogP contribution in [0.15, 0.2) is 0 Å². The lowest BCUT2D eigenvalue weighted by Gasteiger charge is -2.11. The van der Waals surface area contributed by atoms with Gasteiger partial charge in [-0.1, -0.05) is 0 Å². The maximum Gasteiger partial charge on any atom is 0.246 e. The second-order valence-electron chi connectivity index (χ2n) is 4.02. The van der Waals surface area contributed by atoms with Crippen molar-refractivity contribution in [1.82, 2.24) is 10.6 Å². The molecule has 0 aromatic rings. The van der Waals surface area contributed by atoms with Gasteiger partial charge in [-0.15, -0.1) is 0 Å². The first-order chi connectivity index (χ1) is 6.68. The van der Waals surface area contributed by atoms with Crippen LogP contribution in [-0.4, -0.2) is 38.3 Å². The number of rotatable bonds is 5. The molecule has 0 aromatic carbocycles. The minimum atomic E-state index is -0.00870. The van der Waals surface area contributed by atoms with Gasteiger partial charge in [-0.3, -0.25) is 4.79 Å². The zero-order valence-electron chi connectivity index (χ0n) is 9.01.